The number of nitrogens with one attached hydrogen (secondary N) is 2. The maximum absolute atomic E-state index is 13.4. The van der Waals surface area contributed by atoms with Crippen LogP contribution in [0.15, 0.2) is 24.4 Å². The third-order valence-electron chi connectivity index (χ3n) is 2.08. The fraction of sp³-hybridized carbons (Fsp3) is 0.182. The Balaban J connectivity index is 2.24. The third-order valence-corrected chi connectivity index (χ3v) is 2.08. The minimum absolute atomic E-state index is 0.274. The summed E-state index contributed by atoms with van der Waals surface area (Å²) in [5, 5.41) is 2.88. The first-order valence-electron chi connectivity index (χ1n) is 4.70. The molecule has 2 rings (SSSR count). The van der Waals surface area contributed by atoms with E-state index in [1.54, 1.807) is 12.3 Å². The summed E-state index contributed by atoms with van der Waals surface area (Å²) < 4.78 is 13.4. The maximum Gasteiger partial charge on any atom is 0.204 e. The molecule has 1 aromatic heterocycles. The molecule has 2 aromatic rings. The summed E-state index contributed by atoms with van der Waals surface area (Å²) in [6.07, 6.45) is 1.69. The first-order chi connectivity index (χ1) is 7.15. The number of halogens is 1. The molecule has 0 aliphatic heterocycles. The van der Waals surface area contributed by atoms with Crippen molar-refractivity contribution in [2.45, 2.75) is 13.8 Å². The summed E-state index contributed by atoms with van der Waals surface area (Å²) in [7, 11) is 0. The van der Waals surface area contributed by atoms with Gasteiger partial charge in [-0.15, -0.1) is 0 Å². The summed E-state index contributed by atoms with van der Waals surface area (Å²) in [5.41, 5.74) is 2.26. The molecule has 0 fully saturated rings. The molecule has 2 N–H and O–H groups in total. The van der Waals surface area contributed by atoms with Gasteiger partial charge in [-0.2, -0.15) is 0 Å². The number of nitrogens with zero attached hydrogens (tertiary/aromatic N) is 1. The standard InChI is InChI=1S/C11H12FN3/c1-7-3-4-10(9(12)5-7)15-11-13-6-8(2)14-11/h3-6H,1-2H3,(H2,13,14,15). The molecule has 0 saturated heterocycles. The van der Waals surface area contributed by atoms with Crippen LogP contribution in [0, 0.1) is 19.7 Å². The molecule has 0 bridgehead atoms. The fourth-order valence-corrected chi connectivity index (χ4v) is 1.33. The first-order valence-corrected chi connectivity index (χ1v) is 4.70. The Kier molecular flexibility index (Phi) is 2.41. The van der Waals surface area contributed by atoms with Crippen LogP contribution in [0.5, 0.6) is 0 Å². The van der Waals surface area contributed by atoms with Gasteiger partial charge in [0.1, 0.15) is 5.82 Å². The molecular formula is C11H12FN3. The van der Waals surface area contributed by atoms with Crippen molar-refractivity contribution in [3.8, 4) is 0 Å². The topological polar surface area (TPSA) is 40.7 Å². The molecule has 0 aliphatic carbocycles. The van der Waals surface area contributed by atoms with Crippen LogP contribution >= 0.6 is 0 Å². The van der Waals surface area contributed by atoms with Gasteiger partial charge in [0.15, 0.2) is 0 Å². The highest BCUT2D eigenvalue weighted by molar-refractivity contribution is 5.54. The Hall–Kier alpha value is -1.84. The van der Waals surface area contributed by atoms with E-state index < -0.39 is 0 Å². The van der Waals surface area contributed by atoms with Gasteiger partial charge in [0.25, 0.3) is 0 Å². The molecule has 0 saturated carbocycles. The highest BCUT2D eigenvalue weighted by atomic mass is 19.1. The van der Waals surface area contributed by atoms with E-state index >= 15 is 0 Å². The van der Waals surface area contributed by atoms with E-state index in [1.165, 1.54) is 6.07 Å². The quantitative estimate of drug-likeness (QED) is 0.791. The average molecular weight is 205 g/mol. The van der Waals surface area contributed by atoms with Gasteiger partial charge >= 0.3 is 0 Å². The number of aromatic nitrogens is 2. The zero-order chi connectivity index (χ0) is 10.8. The molecule has 4 heteroatoms. The van der Waals surface area contributed by atoms with Gasteiger partial charge in [-0.3, -0.25) is 0 Å². The largest absolute Gasteiger partial charge is 0.328 e. The highest BCUT2D eigenvalue weighted by Gasteiger charge is 2.03. The number of aromatic amines is 1. The van der Waals surface area contributed by atoms with Gasteiger partial charge in [-0.25, -0.2) is 9.37 Å². The second kappa shape index (κ2) is 3.73. The first kappa shape index (κ1) is 9.71. The predicted octanol–water partition coefficient (Wildman–Crippen LogP) is 2.91. The summed E-state index contributed by atoms with van der Waals surface area (Å²) in [6, 6.07) is 5.03. The van der Waals surface area contributed by atoms with Gasteiger partial charge in [-0.05, 0) is 31.5 Å². The molecule has 0 radical (unpaired) electrons. The zero-order valence-electron chi connectivity index (χ0n) is 8.63. The number of rotatable bonds is 2. The molecule has 78 valence electrons. The Morgan fingerprint density at radius 1 is 1.33 bits per heavy atom. The van der Waals surface area contributed by atoms with E-state index in [-0.39, 0.29) is 5.82 Å². The van der Waals surface area contributed by atoms with Crippen molar-refractivity contribution < 1.29 is 4.39 Å². The molecule has 1 aromatic carbocycles. The Labute approximate surface area is 87.4 Å². The van der Waals surface area contributed by atoms with Crippen molar-refractivity contribution in [3.63, 3.8) is 0 Å². The number of anilines is 2. The van der Waals surface area contributed by atoms with Gasteiger partial charge < -0.3 is 10.3 Å². The van der Waals surface area contributed by atoms with E-state index in [2.05, 4.69) is 15.3 Å². The maximum atomic E-state index is 13.4. The predicted molar refractivity (Wildman–Crippen MR) is 57.7 cm³/mol. The normalized spacial score (nSPS) is 10.3. The lowest BCUT2D eigenvalue weighted by Gasteiger charge is -2.04. The van der Waals surface area contributed by atoms with E-state index in [0.29, 0.717) is 11.6 Å². The monoisotopic (exact) mass is 205 g/mol. The zero-order valence-corrected chi connectivity index (χ0v) is 8.63. The van der Waals surface area contributed by atoms with Crippen molar-refractivity contribution in [1.82, 2.24) is 9.97 Å². The highest BCUT2D eigenvalue weighted by Crippen LogP contribution is 2.18. The SMILES string of the molecule is Cc1ccc(Nc2ncc(C)[nH]2)c(F)c1. The minimum Gasteiger partial charge on any atom is -0.328 e. The van der Waals surface area contributed by atoms with Crippen molar-refractivity contribution in [2.75, 3.05) is 5.32 Å². The van der Waals surface area contributed by atoms with Crippen LogP contribution in [0.4, 0.5) is 16.0 Å². The second-order valence-corrected chi connectivity index (χ2v) is 3.52. The van der Waals surface area contributed by atoms with Crippen LogP contribution in [-0.2, 0) is 0 Å². The van der Waals surface area contributed by atoms with Crippen LogP contribution in [0.1, 0.15) is 11.3 Å². The Morgan fingerprint density at radius 2 is 2.13 bits per heavy atom. The molecule has 0 aliphatic rings. The van der Waals surface area contributed by atoms with Crippen molar-refractivity contribution >= 4 is 11.6 Å². The van der Waals surface area contributed by atoms with Crippen LogP contribution in [0.25, 0.3) is 0 Å². The third kappa shape index (κ3) is 2.15. The lowest BCUT2D eigenvalue weighted by atomic mass is 10.2. The van der Waals surface area contributed by atoms with Crippen LogP contribution in [0.3, 0.4) is 0 Å². The lowest BCUT2D eigenvalue weighted by Crippen LogP contribution is -1.95. The second-order valence-electron chi connectivity index (χ2n) is 3.52. The minimum atomic E-state index is -0.274. The van der Waals surface area contributed by atoms with E-state index in [9.17, 15) is 4.39 Å². The molecule has 1 heterocycles. The van der Waals surface area contributed by atoms with Gasteiger partial charge in [-0.1, -0.05) is 6.07 Å². The lowest BCUT2D eigenvalue weighted by molar-refractivity contribution is 0.630. The molecule has 0 atom stereocenters. The fourth-order valence-electron chi connectivity index (χ4n) is 1.33. The molecule has 0 amide bonds. The smallest absolute Gasteiger partial charge is 0.204 e. The number of hydrogen-bond acceptors (Lipinski definition) is 2. The Bertz CT molecular complexity index is 476. The van der Waals surface area contributed by atoms with Gasteiger partial charge in [0, 0.05) is 11.9 Å². The van der Waals surface area contributed by atoms with Crippen molar-refractivity contribution in [3.05, 3.63) is 41.5 Å². The van der Waals surface area contributed by atoms with Crippen molar-refractivity contribution in [2.24, 2.45) is 0 Å². The van der Waals surface area contributed by atoms with Crippen LogP contribution in [0.2, 0.25) is 0 Å². The van der Waals surface area contributed by atoms with E-state index in [0.717, 1.165) is 11.3 Å². The van der Waals surface area contributed by atoms with Crippen LogP contribution < -0.4 is 5.32 Å². The molecule has 0 spiro atoms. The summed E-state index contributed by atoms with van der Waals surface area (Å²) in [5.74, 6) is 0.277. The Morgan fingerprint density at radius 3 is 2.73 bits per heavy atom. The number of benzene rings is 1. The number of H-pyrrole nitrogens is 1. The summed E-state index contributed by atoms with van der Waals surface area (Å²) >= 11 is 0. The van der Waals surface area contributed by atoms with Gasteiger partial charge in [0.2, 0.25) is 5.95 Å². The van der Waals surface area contributed by atoms with Crippen LogP contribution in [-0.4, -0.2) is 9.97 Å². The number of aryl methyl sites for hydroxylation is 2. The van der Waals surface area contributed by atoms with E-state index in [4.69, 9.17) is 0 Å². The average Bonchev–Trinajstić information content (AvgIpc) is 2.56. The molecule has 0 unspecified atom stereocenters. The van der Waals surface area contributed by atoms with Crippen molar-refractivity contribution in [1.29, 1.82) is 0 Å². The molecule has 15 heavy (non-hydrogen) atoms. The summed E-state index contributed by atoms with van der Waals surface area (Å²) in [4.78, 5) is 7.02. The number of imidazole rings is 1. The molecular weight excluding hydrogens is 193 g/mol. The molecule has 3 nitrogen and oxygen atoms in total. The van der Waals surface area contributed by atoms with E-state index in [1.807, 2.05) is 19.9 Å². The number of hydrogen-bond donors (Lipinski definition) is 2. The van der Waals surface area contributed by atoms with Gasteiger partial charge in [0.05, 0.1) is 5.69 Å². The summed E-state index contributed by atoms with van der Waals surface area (Å²) in [6.45, 7) is 3.74.